The molecular formula is C21H33ClN2O3. The molecule has 27 heavy (non-hydrogen) atoms. The molecule has 0 aromatic heterocycles. The lowest BCUT2D eigenvalue weighted by Crippen LogP contribution is -2.39. The Balaban J connectivity index is 0.00000261. The van der Waals surface area contributed by atoms with Crippen molar-refractivity contribution in [3.8, 4) is 0 Å². The quantitative estimate of drug-likeness (QED) is 0.623. The van der Waals surface area contributed by atoms with Crippen LogP contribution in [0.5, 0.6) is 0 Å². The van der Waals surface area contributed by atoms with Gasteiger partial charge in [-0.1, -0.05) is 12.1 Å². The molecule has 6 heteroatoms. The Morgan fingerprint density at radius 1 is 1.19 bits per heavy atom. The van der Waals surface area contributed by atoms with Crippen LogP contribution in [-0.4, -0.2) is 37.8 Å². The van der Waals surface area contributed by atoms with Gasteiger partial charge in [0.1, 0.15) is 0 Å². The third-order valence-corrected chi connectivity index (χ3v) is 5.60. The van der Waals surface area contributed by atoms with E-state index in [2.05, 4.69) is 16.7 Å². The first kappa shape index (κ1) is 22.2. The Labute approximate surface area is 169 Å². The van der Waals surface area contributed by atoms with E-state index in [-0.39, 0.29) is 18.3 Å². The van der Waals surface area contributed by atoms with Crippen molar-refractivity contribution >= 4 is 24.0 Å². The van der Waals surface area contributed by atoms with Crippen molar-refractivity contribution < 1.29 is 14.3 Å². The fourth-order valence-electron chi connectivity index (χ4n) is 4.22. The molecule has 152 valence electrons. The normalized spacial score (nSPS) is 23.7. The highest BCUT2D eigenvalue weighted by Crippen LogP contribution is 2.33. The zero-order valence-electron chi connectivity index (χ0n) is 16.5. The topological polar surface area (TPSA) is 59.6 Å². The minimum Gasteiger partial charge on any atom is -0.379 e. The molecule has 0 aliphatic carbocycles. The number of benzene rings is 1. The standard InChI is InChI=1S/C21H32N2O3.ClH/c1-3-25-9-10-26-14-17-5-4-6-20(15(17)2)23-21(24)13-16-11-18-7-8-19(12-16)22-18;/h4-6,16,18-19,22H,3,7-14H2,1-2H3,(H,23,24);1H. The summed E-state index contributed by atoms with van der Waals surface area (Å²) in [7, 11) is 0. The summed E-state index contributed by atoms with van der Waals surface area (Å²) in [6.07, 6.45) is 5.44. The van der Waals surface area contributed by atoms with Gasteiger partial charge in [0.05, 0.1) is 19.8 Å². The highest BCUT2D eigenvalue weighted by molar-refractivity contribution is 5.91. The number of carbonyl (C=O) groups is 1. The second kappa shape index (κ2) is 11.0. The molecule has 3 rings (SSSR count). The van der Waals surface area contributed by atoms with Gasteiger partial charge < -0.3 is 20.1 Å². The minimum atomic E-state index is 0. The molecule has 2 aliphatic rings. The molecule has 2 saturated heterocycles. The Hall–Kier alpha value is -1.14. The summed E-state index contributed by atoms with van der Waals surface area (Å²) in [4.78, 5) is 12.5. The van der Waals surface area contributed by atoms with E-state index in [9.17, 15) is 4.79 Å². The number of halogens is 1. The lowest BCUT2D eigenvalue weighted by molar-refractivity contribution is -0.117. The van der Waals surface area contributed by atoms with Crippen LogP contribution in [0.25, 0.3) is 0 Å². The Morgan fingerprint density at radius 3 is 2.59 bits per heavy atom. The Bertz CT molecular complexity index is 599. The van der Waals surface area contributed by atoms with Crippen LogP contribution in [0.15, 0.2) is 18.2 Å². The zero-order valence-corrected chi connectivity index (χ0v) is 17.3. The monoisotopic (exact) mass is 396 g/mol. The summed E-state index contributed by atoms with van der Waals surface area (Å²) in [5, 5.41) is 6.76. The van der Waals surface area contributed by atoms with E-state index in [1.807, 2.05) is 26.0 Å². The van der Waals surface area contributed by atoms with Crippen LogP contribution in [0.4, 0.5) is 5.69 Å². The fourth-order valence-corrected chi connectivity index (χ4v) is 4.22. The second-order valence-corrected chi connectivity index (χ2v) is 7.57. The Morgan fingerprint density at radius 2 is 1.89 bits per heavy atom. The molecule has 0 saturated carbocycles. The molecule has 2 atom stereocenters. The highest BCUT2D eigenvalue weighted by Gasteiger charge is 2.34. The maximum atomic E-state index is 12.5. The van der Waals surface area contributed by atoms with Crippen molar-refractivity contribution in [2.24, 2.45) is 5.92 Å². The van der Waals surface area contributed by atoms with E-state index >= 15 is 0 Å². The molecule has 0 radical (unpaired) electrons. The predicted molar refractivity (Wildman–Crippen MR) is 110 cm³/mol. The summed E-state index contributed by atoms with van der Waals surface area (Å²) < 4.78 is 11.0. The SMILES string of the molecule is CCOCCOCc1cccc(NC(=O)CC2CC3CCC(C2)N3)c1C.Cl. The van der Waals surface area contributed by atoms with E-state index in [0.29, 0.717) is 50.8 Å². The number of hydrogen-bond acceptors (Lipinski definition) is 4. The number of fused-ring (bicyclic) bond motifs is 2. The summed E-state index contributed by atoms with van der Waals surface area (Å²) in [6.45, 7) is 6.47. The van der Waals surface area contributed by atoms with Crippen LogP contribution in [0, 0.1) is 12.8 Å². The third-order valence-electron chi connectivity index (χ3n) is 5.60. The van der Waals surface area contributed by atoms with Crippen molar-refractivity contribution in [2.45, 2.75) is 64.6 Å². The molecule has 2 unspecified atom stereocenters. The third kappa shape index (κ3) is 6.46. The first-order valence-corrected chi connectivity index (χ1v) is 9.95. The van der Waals surface area contributed by atoms with Gasteiger partial charge in [0.2, 0.25) is 5.91 Å². The van der Waals surface area contributed by atoms with Gasteiger partial charge in [-0.25, -0.2) is 0 Å². The second-order valence-electron chi connectivity index (χ2n) is 7.57. The average molecular weight is 397 g/mol. The van der Waals surface area contributed by atoms with Crippen LogP contribution < -0.4 is 10.6 Å². The molecule has 2 fully saturated rings. The summed E-state index contributed by atoms with van der Waals surface area (Å²) >= 11 is 0. The minimum absolute atomic E-state index is 0. The average Bonchev–Trinajstić information content (AvgIpc) is 2.96. The van der Waals surface area contributed by atoms with Crippen molar-refractivity contribution in [3.05, 3.63) is 29.3 Å². The molecule has 5 nitrogen and oxygen atoms in total. The van der Waals surface area contributed by atoms with Gasteiger partial charge >= 0.3 is 0 Å². The number of piperidine rings is 1. The van der Waals surface area contributed by atoms with Gasteiger partial charge in [0, 0.05) is 30.8 Å². The highest BCUT2D eigenvalue weighted by atomic mass is 35.5. The zero-order chi connectivity index (χ0) is 18.4. The molecule has 2 aliphatic heterocycles. The lowest BCUT2D eigenvalue weighted by Gasteiger charge is -2.28. The van der Waals surface area contributed by atoms with Gasteiger partial charge in [-0.3, -0.25) is 4.79 Å². The summed E-state index contributed by atoms with van der Waals surface area (Å²) in [6, 6.07) is 7.27. The van der Waals surface area contributed by atoms with E-state index in [1.165, 1.54) is 12.8 Å². The van der Waals surface area contributed by atoms with Crippen LogP contribution in [-0.2, 0) is 20.9 Å². The largest absolute Gasteiger partial charge is 0.379 e. The number of amides is 1. The summed E-state index contributed by atoms with van der Waals surface area (Å²) in [5.41, 5.74) is 3.10. The van der Waals surface area contributed by atoms with Crippen molar-refractivity contribution in [2.75, 3.05) is 25.1 Å². The molecule has 2 heterocycles. The predicted octanol–water partition coefficient (Wildman–Crippen LogP) is 3.83. The smallest absolute Gasteiger partial charge is 0.224 e. The number of nitrogens with one attached hydrogen (secondary N) is 2. The number of anilines is 1. The number of rotatable bonds is 9. The Kier molecular flexibility index (Phi) is 9.03. The van der Waals surface area contributed by atoms with Gasteiger partial charge in [0.25, 0.3) is 0 Å². The van der Waals surface area contributed by atoms with Crippen LogP contribution in [0.3, 0.4) is 0 Å². The first-order chi connectivity index (χ1) is 12.7. The van der Waals surface area contributed by atoms with Crippen molar-refractivity contribution in [1.29, 1.82) is 0 Å². The first-order valence-electron chi connectivity index (χ1n) is 9.95. The van der Waals surface area contributed by atoms with Crippen molar-refractivity contribution in [1.82, 2.24) is 5.32 Å². The van der Waals surface area contributed by atoms with E-state index in [4.69, 9.17) is 9.47 Å². The number of hydrogen-bond donors (Lipinski definition) is 2. The van der Waals surface area contributed by atoms with E-state index in [1.54, 1.807) is 0 Å². The number of carbonyl (C=O) groups excluding carboxylic acids is 1. The van der Waals surface area contributed by atoms with E-state index in [0.717, 1.165) is 29.7 Å². The molecule has 2 N–H and O–H groups in total. The van der Waals surface area contributed by atoms with E-state index < -0.39 is 0 Å². The molecule has 1 amide bonds. The maximum Gasteiger partial charge on any atom is 0.224 e. The fraction of sp³-hybridized carbons (Fsp3) is 0.667. The molecule has 0 spiro atoms. The molecule has 1 aromatic rings. The molecule has 2 bridgehead atoms. The maximum absolute atomic E-state index is 12.5. The lowest BCUT2D eigenvalue weighted by atomic mass is 9.89. The van der Waals surface area contributed by atoms with Crippen LogP contribution >= 0.6 is 12.4 Å². The van der Waals surface area contributed by atoms with Crippen LogP contribution in [0.2, 0.25) is 0 Å². The summed E-state index contributed by atoms with van der Waals surface area (Å²) in [5.74, 6) is 0.646. The van der Waals surface area contributed by atoms with Gasteiger partial charge in [0.15, 0.2) is 0 Å². The van der Waals surface area contributed by atoms with Gasteiger partial charge in [-0.05, 0) is 62.6 Å². The van der Waals surface area contributed by atoms with Crippen LogP contribution in [0.1, 0.15) is 50.2 Å². The molecular weight excluding hydrogens is 364 g/mol. The van der Waals surface area contributed by atoms with Gasteiger partial charge in [-0.2, -0.15) is 0 Å². The van der Waals surface area contributed by atoms with Crippen molar-refractivity contribution in [3.63, 3.8) is 0 Å². The van der Waals surface area contributed by atoms with Gasteiger partial charge in [-0.15, -0.1) is 12.4 Å². The molecule has 1 aromatic carbocycles. The number of ether oxygens (including phenoxy) is 2.